The molecule has 3 aromatic carbocycles. The van der Waals surface area contributed by atoms with Crippen LogP contribution in [0.15, 0.2) is 101 Å². The van der Waals surface area contributed by atoms with E-state index in [0.29, 0.717) is 0 Å². The van der Waals surface area contributed by atoms with E-state index < -0.39 is 0 Å². The van der Waals surface area contributed by atoms with Crippen LogP contribution >= 0.6 is 15.9 Å². The molecule has 0 bridgehead atoms. The average Bonchev–Trinajstić information content (AvgIpc) is 2.69. The molecule has 0 amide bonds. The van der Waals surface area contributed by atoms with Crippen LogP contribution in [0, 0.1) is 0 Å². The van der Waals surface area contributed by atoms with Crippen LogP contribution in [-0.2, 0) is 0 Å². The lowest BCUT2D eigenvalue weighted by Crippen LogP contribution is -2.37. The lowest BCUT2D eigenvalue weighted by molar-refractivity contribution is 0.860. The largest absolute Gasteiger partial charge is 0.240 e. The maximum Gasteiger partial charge on any atom is 0.0851 e. The summed E-state index contributed by atoms with van der Waals surface area (Å²) in [5, 5.41) is 8.66. The van der Waals surface area contributed by atoms with E-state index in [2.05, 4.69) is 57.5 Å². The van der Waals surface area contributed by atoms with Gasteiger partial charge in [0.2, 0.25) is 0 Å². The monoisotopic (exact) mass is 389 g/mol. The van der Waals surface area contributed by atoms with Crippen molar-refractivity contribution < 1.29 is 0 Å². The zero-order valence-electron chi connectivity index (χ0n) is 13.5. The highest BCUT2D eigenvalue weighted by atomic mass is 79.9. The average molecular weight is 390 g/mol. The number of rotatable bonds is 3. The van der Waals surface area contributed by atoms with Crippen molar-refractivity contribution in [1.29, 1.82) is 0 Å². The maximum absolute atomic E-state index is 4.70. The van der Waals surface area contributed by atoms with Gasteiger partial charge >= 0.3 is 0 Å². The fourth-order valence-electron chi connectivity index (χ4n) is 2.73. The number of hydrazine groups is 1. The molecule has 0 saturated heterocycles. The molecule has 3 nitrogen and oxygen atoms in total. The first-order chi connectivity index (χ1) is 12.3. The Balaban J connectivity index is 1.78. The molecular formula is C21H16BrN3. The van der Waals surface area contributed by atoms with Gasteiger partial charge in [-0.3, -0.25) is 0 Å². The molecule has 0 aromatic heterocycles. The van der Waals surface area contributed by atoms with Crippen molar-refractivity contribution in [3.05, 3.63) is 101 Å². The Kier molecular flexibility index (Phi) is 4.36. The Morgan fingerprint density at radius 2 is 1.40 bits per heavy atom. The summed E-state index contributed by atoms with van der Waals surface area (Å²) in [6.45, 7) is 0. The zero-order valence-corrected chi connectivity index (χ0v) is 15.0. The predicted molar refractivity (Wildman–Crippen MR) is 108 cm³/mol. The van der Waals surface area contributed by atoms with Gasteiger partial charge in [0.15, 0.2) is 0 Å². The molecule has 1 aliphatic heterocycles. The van der Waals surface area contributed by atoms with E-state index >= 15 is 0 Å². The molecule has 122 valence electrons. The second-order valence-corrected chi connectivity index (χ2v) is 6.56. The zero-order chi connectivity index (χ0) is 17.1. The topological polar surface area (TPSA) is 18.8 Å². The second kappa shape index (κ2) is 6.95. The van der Waals surface area contributed by atoms with Gasteiger partial charge < -0.3 is 0 Å². The Labute approximate surface area is 155 Å². The van der Waals surface area contributed by atoms with Crippen LogP contribution in [0.5, 0.6) is 0 Å². The summed E-state index contributed by atoms with van der Waals surface area (Å²) < 4.78 is 1.02. The minimum absolute atomic E-state index is 0.984. The minimum Gasteiger partial charge on any atom is -0.240 e. The van der Waals surface area contributed by atoms with Gasteiger partial charge in [-0.2, -0.15) is 10.2 Å². The third kappa shape index (κ3) is 3.35. The first-order valence-electron chi connectivity index (χ1n) is 8.02. The molecule has 25 heavy (non-hydrogen) atoms. The third-order valence-electron chi connectivity index (χ3n) is 3.94. The highest BCUT2D eigenvalue weighted by Crippen LogP contribution is 2.30. The van der Waals surface area contributed by atoms with Gasteiger partial charge in [0.05, 0.1) is 17.6 Å². The van der Waals surface area contributed by atoms with Crippen molar-refractivity contribution >= 4 is 39.1 Å². The summed E-state index contributed by atoms with van der Waals surface area (Å²) in [4.78, 5) is 0. The van der Waals surface area contributed by atoms with Crippen molar-refractivity contribution in [2.24, 2.45) is 5.10 Å². The lowest BCUT2D eigenvalue weighted by Gasteiger charge is -2.34. The molecule has 0 unspecified atom stereocenters. The summed E-state index contributed by atoms with van der Waals surface area (Å²) in [6.07, 6.45) is 4.01. The van der Waals surface area contributed by atoms with Crippen molar-refractivity contribution in [3.63, 3.8) is 0 Å². The standard InChI is InChI=1S/C21H16BrN3/c22-19-10-7-13-21(14-19)25-23-15-18(17-8-3-1-4-9-17)16-24(25)20-11-5-2-6-12-20/h1-16H. The normalized spacial score (nSPS) is 13.7. The van der Waals surface area contributed by atoms with Gasteiger partial charge in [-0.25, -0.2) is 5.01 Å². The Bertz CT molecular complexity index is 920. The number of para-hydroxylation sites is 1. The fraction of sp³-hybridized carbons (Fsp3) is 0. The molecule has 0 saturated carbocycles. The van der Waals surface area contributed by atoms with Crippen LogP contribution in [0.3, 0.4) is 0 Å². The highest BCUT2D eigenvalue weighted by Gasteiger charge is 2.19. The van der Waals surface area contributed by atoms with Crippen molar-refractivity contribution in [3.8, 4) is 0 Å². The Morgan fingerprint density at radius 1 is 0.720 bits per heavy atom. The van der Waals surface area contributed by atoms with E-state index in [1.54, 1.807) is 0 Å². The van der Waals surface area contributed by atoms with Crippen molar-refractivity contribution in [1.82, 2.24) is 0 Å². The van der Waals surface area contributed by atoms with Crippen LogP contribution in [0.2, 0.25) is 0 Å². The van der Waals surface area contributed by atoms with E-state index in [4.69, 9.17) is 5.10 Å². The third-order valence-corrected chi connectivity index (χ3v) is 4.43. The van der Waals surface area contributed by atoms with Crippen LogP contribution in [0.4, 0.5) is 11.4 Å². The summed E-state index contributed by atoms with van der Waals surface area (Å²) >= 11 is 3.54. The van der Waals surface area contributed by atoms with Crippen LogP contribution in [0.25, 0.3) is 5.57 Å². The molecule has 0 spiro atoms. The molecule has 0 aliphatic carbocycles. The first-order valence-corrected chi connectivity index (χ1v) is 8.82. The number of allylic oxidation sites excluding steroid dienone is 1. The van der Waals surface area contributed by atoms with Crippen LogP contribution < -0.4 is 10.1 Å². The van der Waals surface area contributed by atoms with E-state index in [9.17, 15) is 0 Å². The molecule has 0 N–H and O–H groups in total. The van der Waals surface area contributed by atoms with Crippen molar-refractivity contribution in [2.75, 3.05) is 10.1 Å². The minimum atomic E-state index is 0.984. The number of anilines is 2. The van der Waals surface area contributed by atoms with Gasteiger partial charge in [-0.05, 0) is 35.9 Å². The maximum atomic E-state index is 4.70. The molecule has 3 aromatic rings. The predicted octanol–water partition coefficient (Wildman–Crippen LogP) is 5.72. The Hall–Kier alpha value is -2.85. The van der Waals surface area contributed by atoms with E-state index in [1.165, 1.54) is 0 Å². The molecule has 1 aliphatic rings. The van der Waals surface area contributed by atoms with E-state index in [1.807, 2.05) is 65.9 Å². The number of halogens is 1. The number of hydrazone groups is 1. The van der Waals surface area contributed by atoms with Gasteiger partial charge in [0, 0.05) is 16.2 Å². The molecule has 0 atom stereocenters. The molecule has 0 radical (unpaired) electrons. The first kappa shape index (κ1) is 15.7. The number of hydrogen-bond acceptors (Lipinski definition) is 3. The molecule has 4 rings (SSSR count). The van der Waals surface area contributed by atoms with Gasteiger partial charge in [0.1, 0.15) is 0 Å². The number of benzene rings is 3. The summed E-state index contributed by atoms with van der Waals surface area (Å²) in [7, 11) is 0. The number of hydrogen-bond donors (Lipinski definition) is 0. The second-order valence-electron chi connectivity index (χ2n) is 5.64. The number of nitrogens with zero attached hydrogens (tertiary/aromatic N) is 3. The molecular weight excluding hydrogens is 374 g/mol. The SMILES string of the molecule is Brc1cccc(N2N=CC(c3ccccc3)=CN2c2ccccc2)c1. The molecule has 4 heteroatoms. The van der Waals surface area contributed by atoms with Crippen molar-refractivity contribution in [2.45, 2.75) is 0 Å². The van der Waals surface area contributed by atoms with Gasteiger partial charge in [0.25, 0.3) is 0 Å². The summed E-state index contributed by atoms with van der Waals surface area (Å²) in [5.74, 6) is 0. The summed E-state index contributed by atoms with van der Waals surface area (Å²) in [5.41, 5.74) is 4.24. The van der Waals surface area contributed by atoms with E-state index in [0.717, 1.165) is 27.0 Å². The molecule has 1 heterocycles. The van der Waals surface area contributed by atoms with E-state index in [-0.39, 0.29) is 0 Å². The summed E-state index contributed by atoms with van der Waals surface area (Å²) in [6, 6.07) is 28.6. The van der Waals surface area contributed by atoms with Crippen LogP contribution in [-0.4, -0.2) is 6.21 Å². The quantitative estimate of drug-likeness (QED) is 0.570. The lowest BCUT2D eigenvalue weighted by atomic mass is 10.1. The van der Waals surface area contributed by atoms with Gasteiger partial charge in [-0.15, -0.1) is 0 Å². The highest BCUT2D eigenvalue weighted by molar-refractivity contribution is 9.10. The smallest absolute Gasteiger partial charge is 0.0851 e. The molecule has 0 fully saturated rings. The Morgan fingerprint density at radius 3 is 2.12 bits per heavy atom. The van der Waals surface area contributed by atoms with Gasteiger partial charge in [-0.1, -0.05) is 70.5 Å². The van der Waals surface area contributed by atoms with Crippen LogP contribution in [0.1, 0.15) is 5.56 Å². The fourth-order valence-corrected chi connectivity index (χ4v) is 3.12.